The van der Waals surface area contributed by atoms with Gasteiger partial charge in [-0.3, -0.25) is 0 Å². The van der Waals surface area contributed by atoms with Crippen molar-refractivity contribution in [1.82, 2.24) is 9.13 Å². The van der Waals surface area contributed by atoms with Crippen LogP contribution in [0.4, 0.5) is 0 Å². The lowest BCUT2D eigenvalue weighted by atomic mass is 9.96. The second-order valence-electron chi connectivity index (χ2n) is 16.9. The Balaban J connectivity index is 0.899. The molecule has 2 aromatic heterocycles. The Kier molecular flexibility index (Phi) is 6.86. The molecule has 0 aliphatic heterocycles. The molecule has 0 spiro atoms. The zero-order valence-electron chi connectivity index (χ0n) is 33.7. The van der Waals surface area contributed by atoms with E-state index in [1.807, 2.05) is 0 Å². The van der Waals surface area contributed by atoms with Gasteiger partial charge in [0.05, 0.1) is 22.1 Å². The van der Waals surface area contributed by atoms with Crippen LogP contribution in [-0.4, -0.2) is 9.13 Å². The Morgan fingerprint density at radius 1 is 0.242 bits per heavy atom. The normalized spacial score (nSPS) is 12.2. The third-order valence-corrected chi connectivity index (χ3v) is 13.6. The summed E-state index contributed by atoms with van der Waals surface area (Å²) in [6.07, 6.45) is 0. The molecule has 286 valence electrons. The summed E-state index contributed by atoms with van der Waals surface area (Å²) in [5.41, 5.74) is 17.4. The summed E-state index contributed by atoms with van der Waals surface area (Å²) in [7, 11) is 0. The summed E-state index contributed by atoms with van der Waals surface area (Å²) in [6, 6.07) is 81.1. The molecule has 2 nitrogen and oxygen atoms in total. The number of nitrogens with zero attached hydrogens (tertiary/aromatic N) is 2. The second kappa shape index (κ2) is 12.7. The number of hydrogen-bond acceptors (Lipinski definition) is 0. The number of rotatable bonds is 4. The minimum absolute atomic E-state index is 1.16. The Morgan fingerprint density at radius 2 is 0.871 bits per heavy atom. The molecule has 0 fully saturated rings. The third kappa shape index (κ3) is 4.75. The molecular weight excluding hydrogens is 749 g/mol. The van der Waals surface area contributed by atoms with Crippen molar-refractivity contribution in [3.05, 3.63) is 218 Å². The van der Waals surface area contributed by atoms with E-state index in [4.69, 9.17) is 0 Å². The first-order chi connectivity index (χ1) is 30.7. The van der Waals surface area contributed by atoms with E-state index in [0.717, 1.165) is 11.4 Å². The molecule has 1 aliphatic carbocycles. The maximum Gasteiger partial charge on any atom is 0.0619 e. The van der Waals surface area contributed by atoms with Crippen molar-refractivity contribution in [2.75, 3.05) is 0 Å². The predicted octanol–water partition coefficient (Wildman–Crippen LogP) is 16.3. The van der Waals surface area contributed by atoms with Crippen LogP contribution >= 0.6 is 0 Å². The van der Waals surface area contributed by atoms with E-state index in [0.29, 0.717) is 0 Å². The average molecular weight is 785 g/mol. The molecule has 0 atom stereocenters. The molecule has 0 N–H and O–H groups in total. The zero-order chi connectivity index (χ0) is 40.5. The smallest absolute Gasteiger partial charge is 0.0619 e. The summed E-state index contributed by atoms with van der Waals surface area (Å²) < 4.78 is 4.89. The number of fused-ring (bicyclic) bond motifs is 12. The van der Waals surface area contributed by atoms with Crippen molar-refractivity contribution < 1.29 is 0 Å². The van der Waals surface area contributed by atoms with Gasteiger partial charge in [-0.2, -0.15) is 0 Å². The molecule has 0 radical (unpaired) electrons. The molecule has 2 heteroatoms. The quantitative estimate of drug-likeness (QED) is 0.168. The molecular formula is C60H36N2. The largest absolute Gasteiger partial charge is 0.309 e. The molecule has 0 bridgehead atoms. The molecule has 0 saturated heterocycles. The SMILES string of the molecule is c1ccc(-n2c3cc(-c4ccc5c(c4)c4ccccc4n5-c4ccc5ccc(-c6ccc7c(c6)-c6cccc8cccc-7c68)cc5c4)ccc3c3ccc4ccccc4c32)cc1. The summed E-state index contributed by atoms with van der Waals surface area (Å²) in [6.45, 7) is 0. The molecule has 11 aromatic carbocycles. The predicted molar refractivity (Wildman–Crippen MR) is 263 cm³/mol. The maximum absolute atomic E-state index is 2.45. The van der Waals surface area contributed by atoms with Crippen molar-refractivity contribution in [3.63, 3.8) is 0 Å². The fourth-order valence-corrected chi connectivity index (χ4v) is 10.8. The van der Waals surface area contributed by atoms with Gasteiger partial charge in [0.1, 0.15) is 0 Å². The van der Waals surface area contributed by atoms with Gasteiger partial charge in [0.15, 0.2) is 0 Å². The molecule has 0 amide bonds. The first-order valence-corrected chi connectivity index (χ1v) is 21.5. The van der Waals surface area contributed by atoms with Crippen LogP contribution in [0.25, 0.3) is 132 Å². The zero-order valence-corrected chi connectivity index (χ0v) is 33.7. The van der Waals surface area contributed by atoms with E-state index in [2.05, 4.69) is 228 Å². The van der Waals surface area contributed by atoms with Gasteiger partial charge in [0.25, 0.3) is 0 Å². The summed E-state index contributed by atoms with van der Waals surface area (Å²) in [4.78, 5) is 0. The highest BCUT2D eigenvalue weighted by molar-refractivity contribution is 6.20. The van der Waals surface area contributed by atoms with Crippen LogP contribution in [0.3, 0.4) is 0 Å². The Hall–Kier alpha value is -8.20. The van der Waals surface area contributed by atoms with Crippen LogP contribution in [0.2, 0.25) is 0 Å². The lowest BCUT2D eigenvalue weighted by Crippen LogP contribution is -1.94. The standard InChI is InChI=1S/C60H36N2/c1-2-13-45(14-3-1)62-58-36-43(25-29-50(58)53-30-23-38-10-4-5-15-47(38)60(53)62)42-26-31-57-55(35-42)49-16-6-7-19-56(49)61(57)46-27-22-37-20-21-40(32-44(37)33-46)41-24-28-48-51-17-8-11-39-12-9-18-52(59(39)51)54(48)34-41/h1-36H. The van der Waals surface area contributed by atoms with Crippen LogP contribution < -0.4 is 0 Å². The average Bonchev–Trinajstić information content (AvgIpc) is 3.97. The summed E-state index contributed by atoms with van der Waals surface area (Å²) in [5, 5.41) is 12.7. The van der Waals surface area contributed by atoms with Gasteiger partial charge in [0.2, 0.25) is 0 Å². The Labute approximate surface area is 357 Å². The molecule has 14 rings (SSSR count). The van der Waals surface area contributed by atoms with Crippen molar-refractivity contribution in [1.29, 1.82) is 0 Å². The first kappa shape index (κ1) is 33.6. The molecule has 0 unspecified atom stereocenters. The summed E-state index contributed by atoms with van der Waals surface area (Å²) in [5.74, 6) is 0. The van der Waals surface area contributed by atoms with Gasteiger partial charge < -0.3 is 9.13 Å². The van der Waals surface area contributed by atoms with Gasteiger partial charge in [-0.05, 0) is 132 Å². The fourth-order valence-electron chi connectivity index (χ4n) is 10.8. The van der Waals surface area contributed by atoms with Crippen LogP contribution in [0, 0.1) is 0 Å². The lowest BCUT2D eigenvalue weighted by Gasteiger charge is -2.12. The minimum atomic E-state index is 1.16. The van der Waals surface area contributed by atoms with E-state index in [1.54, 1.807) is 0 Å². The first-order valence-electron chi connectivity index (χ1n) is 21.5. The molecule has 62 heavy (non-hydrogen) atoms. The van der Waals surface area contributed by atoms with Gasteiger partial charge in [0, 0.05) is 38.3 Å². The number of hydrogen-bond donors (Lipinski definition) is 0. The van der Waals surface area contributed by atoms with Crippen LogP contribution in [-0.2, 0) is 0 Å². The number of benzene rings is 11. The highest BCUT2D eigenvalue weighted by Gasteiger charge is 2.22. The van der Waals surface area contributed by atoms with Gasteiger partial charge in [-0.15, -0.1) is 0 Å². The molecule has 1 aliphatic rings. The summed E-state index contributed by atoms with van der Waals surface area (Å²) >= 11 is 0. The number of aromatic nitrogens is 2. The minimum Gasteiger partial charge on any atom is -0.309 e. The van der Waals surface area contributed by atoms with Crippen LogP contribution in [0.15, 0.2) is 218 Å². The van der Waals surface area contributed by atoms with Gasteiger partial charge in [-0.1, -0.05) is 158 Å². The van der Waals surface area contributed by atoms with Crippen molar-refractivity contribution >= 4 is 75.9 Å². The second-order valence-corrected chi connectivity index (χ2v) is 16.9. The highest BCUT2D eigenvalue weighted by Crippen LogP contribution is 2.48. The van der Waals surface area contributed by atoms with Crippen LogP contribution in [0.5, 0.6) is 0 Å². The van der Waals surface area contributed by atoms with Gasteiger partial charge in [-0.25, -0.2) is 0 Å². The van der Waals surface area contributed by atoms with Crippen LogP contribution in [0.1, 0.15) is 0 Å². The van der Waals surface area contributed by atoms with Crippen molar-refractivity contribution in [2.24, 2.45) is 0 Å². The van der Waals surface area contributed by atoms with Gasteiger partial charge >= 0.3 is 0 Å². The van der Waals surface area contributed by atoms with E-state index in [1.165, 1.54) is 120 Å². The fraction of sp³-hybridized carbons (Fsp3) is 0. The van der Waals surface area contributed by atoms with E-state index in [9.17, 15) is 0 Å². The maximum atomic E-state index is 2.45. The molecule has 2 heterocycles. The van der Waals surface area contributed by atoms with E-state index in [-0.39, 0.29) is 0 Å². The Bertz CT molecular complexity index is 4030. The molecule has 13 aromatic rings. The number of para-hydroxylation sites is 2. The van der Waals surface area contributed by atoms with Crippen molar-refractivity contribution in [2.45, 2.75) is 0 Å². The lowest BCUT2D eigenvalue weighted by molar-refractivity contribution is 1.18. The third-order valence-electron chi connectivity index (χ3n) is 13.6. The van der Waals surface area contributed by atoms with E-state index >= 15 is 0 Å². The van der Waals surface area contributed by atoms with Crippen molar-refractivity contribution in [3.8, 4) is 55.9 Å². The Morgan fingerprint density at radius 3 is 1.77 bits per heavy atom. The monoisotopic (exact) mass is 784 g/mol. The topological polar surface area (TPSA) is 9.86 Å². The van der Waals surface area contributed by atoms with E-state index < -0.39 is 0 Å². The molecule has 0 saturated carbocycles. The highest BCUT2D eigenvalue weighted by atomic mass is 15.0.